The summed E-state index contributed by atoms with van der Waals surface area (Å²) in [5.74, 6) is -0.0488. The molecule has 2 aromatic rings. The van der Waals surface area contributed by atoms with Crippen LogP contribution in [0.5, 0.6) is 0 Å². The Morgan fingerprint density at radius 3 is 2.33 bits per heavy atom. The van der Waals surface area contributed by atoms with Gasteiger partial charge in [0.15, 0.2) is 5.78 Å². The topological polar surface area (TPSA) is 76.4 Å². The number of amides is 1. The van der Waals surface area contributed by atoms with Gasteiger partial charge in [-0.25, -0.2) is 0 Å². The number of piperazine rings is 1. The van der Waals surface area contributed by atoms with E-state index in [4.69, 9.17) is 5.26 Å². The van der Waals surface area contributed by atoms with Crippen LogP contribution in [0.15, 0.2) is 48.5 Å². The second-order valence-corrected chi connectivity index (χ2v) is 6.57. The Morgan fingerprint density at radius 2 is 1.70 bits per heavy atom. The van der Waals surface area contributed by atoms with Crippen molar-refractivity contribution >= 4 is 23.1 Å². The number of benzene rings is 2. The van der Waals surface area contributed by atoms with Crippen molar-refractivity contribution in [2.24, 2.45) is 0 Å². The Kier molecular flexibility index (Phi) is 5.84. The van der Waals surface area contributed by atoms with E-state index in [1.165, 1.54) is 0 Å². The number of nitrogens with zero attached hydrogens (tertiary/aromatic N) is 3. The number of nitrogens with one attached hydrogen (secondary N) is 1. The third-order valence-electron chi connectivity index (χ3n) is 4.70. The molecule has 1 aliphatic heterocycles. The molecule has 6 nitrogen and oxygen atoms in total. The van der Waals surface area contributed by atoms with Crippen molar-refractivity contribution < 1.29 is 9.59 Å². The van der Waals surface area contributed by atoms with E-state index < -0.39 is 0 Å². The standard InChI is InChI=1S/C21H22N4O2/c1-16(26)17-6-8-19(9-7-17)25-12-10-24(11-13-25)15-21(27)23-20-5-3-2-4-18(20)14-22/h2-9H,10-13,15H2,1H3,(H,23,27). The molecule has 3 rings (SSSR count). The molecule has 1 fully saturated rings. The average Bonchev–Trinajstić information content (AvgIpc) is 2.69. The van der Waals surface area contributed by atoms with Crippen molar-refractivity contribution in [3.63, 3.8) is 0 Å². The van der Waals surface area contributed by atoms with Crippen molar-refractivity contribution in [3.8, 4) is 6.07 Å². The van der Waals surface area contributed by atoms with Gasteiger partial charge >= 0.3 is 0 Å². The third kappa shape index (κ3) is 4.72. The van der Waals surface area contributed by atoms with E-state index in [1.807, 2.05) is 24.3 Å². The van der Waals surface area contributed by atoms with Gasteiger partial charge in [0.05, 0.1) is 17.8 Å². The summed E-state index contributed by atoms with van der Waals surface area (Å²) < 4.78 is 0. The quantitative estimate of drug-likeness (QED) is 0.827. The number of ketones is 1. The smallest absolute Gasteiger partial charge is 0.238 e. The monoisotopic (exact) mass is 362 g/mol. The van der Waals surface area contributed by atoms with Gasteiger partial charge in [-0.05, 0) is 43.3 Å². The van der Waals surface area contributed by atoms with Crippen LogP contribution in [0, 0.1) is 11.3 Å². The van der Waals surface area contributed by atoms with Crippen molar-refractivity contribution in [3.05, 3.63) is 59.7 Å². The number of Topliss-reactive ketones (excluding diaryl/α,β-unsaturated/α-hetero) is 1. The van der Waals surface area contributed by atoms with Gasteiger partial charge in [-0.3, -0.25) is 14.5 Å². The number of anilines is 2. The first-order valence-electron chi connectivity index (χ1n) is 8.94. The molecule has 27 heavy (non-hydrogen) atoms. The maximum Gasteiger partial charge on any atom is 0.238 e. The van der Waals surface area contributed by atoms with Crippen LogP contribution >= 0.6 is 0 Å². The van der Waals surface area contributed by atoms with Crippen LogP contribution in [-0.4, -0.2) is 49.3 Å². The zero-order valence-electron chi connectivity index (χ0n) is 15.3. The van der Waals surface area contributed by atoms with Gasteiger partial charge in [0.1, 0.15) is 6.07 Å². The van der Waals surface area contributed by atoms with Gasteiger partial charge in [-0.2, -0.15) is 5.26 Å². The lowest BCUT2D eigenvalue weighted by Gasteiger charge is -2.35. The summed E-state index contributed by atoms with van der Waals surface area (Å²) in [5, 5.41) is 11.9. The number of hydrogen-bond acceptors (Lipinski definition) is 5. The molecule has 0 atom stereocenters. The summed E-state index contributed by atoms with van der Waals surface area (Å²) >= 11 is 0. The highest BCUT2D eigenvalue weighted by Crippen LogP contribution is 2.18. The largest absolute Gasteiger partial charge is 0.369 e. The van der Waals surface area contributed by atoms with Crippen LogP contribution < -0.4 is 10.2 Å². The Labute approximate surface area is 159 Å². The van der Waals surface area contributed by atoms with Gasteiger partial charge in [-0.15, -0.1) is 0 Å². The minimum Gasteiger partial charge on any atom is -0.369 e. The molecule has 6 heteroatoms. The summed E-state index contributed by atoms with van der Waals surface area (Å²) in [6.07, 6.45) is 0. The maximum atomic E-state index is 12.3. The van der Waals surface area contributed by atoms with Crippen LogP contribution in [0.3, 0.4) is 0 Å². The first-order valence-corrected chi connectivity index (χ1v) is 8.94. The highest BCUT2D eigenvalue weighted by molar-refractivity contribution is 5.94. The zero-order valence-corrected chi connectivity index (χ0v) is 15.3. The number of nitriles is 1. The predicted molar refractivity (Wildman–Crippen MR) is 105 cm³/mol. The van der Waals surface area contributed by atoms with Crippen LogP contribution in [0.25, 0.3) is 0 Å². The van der Waals surface area contributed by atoms with Crippen LogP contribution in [0.4, 0.5) is 11.4 Å². The summed E-state index contributed by atoms with van der Waals surface area (Å²) in [5.41, 5.74) is 2.82. The van der Waals surface area contributed by atoms with E-state index in [0.29, 0.717) is 23.4 Å². The lowest BCUT2D eigenvalue weighted by molar-refractivity contribution is -0.117. The second-order valence-electron chi connectivity index (χ2n) is 6.57. The molecule has 1 N–H and O–H groups in total. The van der Waals surface area contributed by atoms with E-state index in [-0.39, 0.29) is 11.7 Å². The summed E-state index contributed by atoms with van der Waals surface area (Å²) in [4.78, 5) is 28.0. The summed E-state index contributed by atoms with van der Waals surface area (Å²) in [7, 11) is 0. The van der Waals surface area contributed by atoms with E-state index in [1.54, 1.807) is 31.2 Å². The zero-order chi connectivity index (χ0) is 19.2. The lowest BCUT2D eigenvalue weighted by Crippen LogP contribution is -2.48. The molecule has 1 aliphatic rings. The first kappa shape index (κ1) is 18.6. The summed E-state index contributed by atoms with van der Waals surface area (Å²) in [6, 6.07) is 16.7. The average molecular weight is 362 g/mol. The molecule has 2 aromatic carbocycles. The maximum absolute atomic E-state index is 12.3. The fourth-order valence-corrected chi connectivity index (χ4v) is 3.15. The SMILES string of the molecule is CC(=O)c1ccc(N2CCN(CC(=O)Nc3ccccc3C#N)CC2)cc1. The molecule has 0 aliphatic carbocycles. The van der Waals surface area contributed by atoms with Crippen molar-refractivity contribution in [2.75, 3.05) is 42.9 Å². The highest BCUT2D eigenvalue weighted by Gasteiger charge is 2.19. The molecule has 138 valence electrons. The predicted octanol–water partition coefficient (Wildman–Crippen LogP) is 2.52. The van der Waals surface area contributed by atoms with Crippen LogP contribution in [0.1, 0.15) is 22.8 Å². The minimum atomic E-state index is -0.114. The molecule has 1 amide bonds. The Morgan fingerprint density at radius 1 is 1.04 bits per heavy atom. The van der Waals surface area contributed by atoms with Gasteiger partial charge in [0, 0.05) is 37.4 Å². The number of carbonyl (C=O) groups is 2. The van der Waals surface area contributed by atoms with E-state index >= 15 is 0 Å². The van der Waals surface area contributed by atoms with Gasteiger partial charge in [0.2, 0.25) is 5.91 Å². The lowest BCUT2D eigenvalue weighted by atomic mass is 10.1. The fraction of sp³-hybridized carbons (Fsp3) is 0.286. The second kappa shape index (κ2) is 8.47. The molecule has 0 saturated carbocycles. The normalized spacial score (nSPS) is 14.4. The third-order valence-corrected chi connectivity index (χ3v) is 4.70. The van der Waals surface area contributed by atoms with E-state index in [9.17, 15) is 9.59 Å². The van der Waals surface area contributed by atoms with E-state index in [0.717, 1.165) is 31.9 Å². The van der Waals surface area contributed by atoms with Crippen molar-refractivity contribution in [2.45, 2.75) is 6.92 Å². The molecule has 1 heterocycles. The number of hydrogen-bond donors (Lipinski definition) is 1. The highest BCUT2D eigenvalue weighted by atomic mass is 16.2. The minimum absolute atomic E-state index is 0.0651. The van der Waals surface area contributed by atoms with E-state index in [2.05, 4.69) is 21.2 Å². The molecular formula is C21H22N4O2. The van der Waals surface area contributed by atoms with Gasteiger partial charge in [-0.1, -0.05) is 12.1 Å². The molecule has 0 unspecified atom stereocenters. The molecule has 0 bridgehead atoms. The van der Waals surface area contributed by atoms with Crippen LogP contribution in [0.2, 0.25) is 0 Å². The molecular weight excluding hydrogens is 340 g/mol. The molecule has 0 aromatic heterocycles. The number of para-hydroxylation sites is 1. The Bertz CT molecular complexity index is 862. The number of rotatable bonds is 5. The fourth-order valence-electron chi connectivity index (χ4n) is 3.15. The van der Waals surface area contributed by atoms with Crippen molar-refractivity contribution in [1.29, 1.82) is 5.26 Å². The van der Waals surface area contributed by atoms with Crippen LogP contribution in [-0.2, 0) is 4.79 Å². The van der Waals surface area contributed by atoms with Gasteiger partial charge in [0.25, 0.3) is 0 Å². The first-order chi connectivity index (χ1) is 13.1. The Hall–Kier alpha value is -3.17. The molecule has 0 radical (unpaired) electrons. The molecule has 1 saturated heterocycles. The molecule has 0 spiro atoms. The Balaban J connectivity index is 1.51. The van der Waals surface area contributed by atoms with Gasteiger partial charge < -0.3 is 10.2 Å². The number of carbonyl (C=O) groups excluding carboxylic acids is 2. The van der Waals surface area contributed by atoms with Crippen molar-refractivity contribution in [1.82, 2.24) is 4.90 Å². The summed E-state index contributed by atoms with van der Waals surface area (Å²) in [6.45, 7) is 5.07.